The van der Waals surface area contributed by atoms with Gasteiger partial charge in [-0.3, -0.25) is 9.38 Å². The van der Waals surface area contributed by atoms with Gasteiger partial charge in [0.1, 0.15) is 11.4 Å². The van der Waals surface area contributed by atoms with E-state index >= 15 is 0 Å². The van der Waals surface area contributed by atoms with Crippen LogP contribution < -0.4 is 4.74 Å². The van der Waals surface area contributed by atoms with Gasteiger partial charge in [-0.15, -0.1) is 11.3 Å². The van der Waals surface area contributed by atoms with Crippen molar-refractivity contribution in [2.45, 2.75) is 13.3 Å². The summed E-state index contributed by atoms with van der Waals surface area (Å²) in [5.74, 6) is 0.859. The zero-order valence-corrected chi connectivity index (χ0v) is 15.2. The number of aryl methyl sites for hydroxylation is 1. The Balaban J connectivity index is 1.94. The lowest BCUT2D eigenvalue weighted by Gasteiger charge is -2.08. The number of hydrogen-bond acceptors (Lipinski definition) is 5. The largest absolute Gasteiger partial charge is 0.496 e. The summed E-state index contributed by atoms with van der Waals surface area (Å²) >= 11 is 1.56. The maximum absolute atomic E-state index is 9.36. The molecule has 0 saturated heterocycles. The molecule has 0 bridgehead atoms. The average Bonchev–Trinajstić information content (AvgIpc) is 3.23. The zero-order valence-electron chi connectivity index (χ0n) is 14.4. The number of imidazole rings is 1. The lowest BCUT2D eigenvalue weighted by molar-refractivity contribution is 0.412. The molecule has 5 nitrogen and oxygen atoms in total. The van der Waals surface area contributed by atoms with Crippen LogP contribution in [0.5, 0.6) is 5.75 Å². The molecule has 0 saturated carbocycles. The number of rotatable bonds is 4. The van der Waals surface area contributed by atoms with Crippen molar-refractivity contribution in [1.82, 2.24) is 14.4 Å². The van der Waals surface area contributed by atoms with Gasteiger partial charge < -0.3 is 4.74 Å². The maximum atomic E-state index is 9.36. The molecule has 0 amide bonds. The number of hydrogen-bond donors (Lipinski definition) is 0. The SMILES string of the molecule is COc1ccc(-c2csc3nc(-c4ccccn4)c(CC#N)n23)cc1C. The molecule has 4 rings (SSSR count). The second-order valence-corrected chi connectivity index (χ2v) is 6.72. The summed E-state index contributed by atoms with van der Waals surface area (Å²) in [6.45, 7) is 2.02. The van der Waals surface area contributed by atoms with Crippen molar-refractivity contribution >= 4 is 16.3 Å². The Bertz CT molecular complexity index is 1120. The number of nitrogens with zero attached hydrogens (tertiary/aromatic N) is 4. The topological polar surface area (TPSA) is 63.2 Å². The van der Waals surface area contributed by atoms with Crippen molar-refractivity contribution in [2.24, 2.45) is 0 Å². The summed E-state index contributed by atoms with van der Waals surface area (Å²) in [5.41, 5.74) is 5.58. The normalized spacial score (nSPS) is 10.8. The molecular formula is C20H16N4OS. The van der Waals surface area contributed by atoms with E-state index in [1.54, 1.807) is 24.6 Å². The molecule has 0 fully saturated rings. The van der Waals surface area contributed by atoms with Crippen molar-refractivity contribution in [1.29, 1.82) is 5.26 Å². The first-order chi connectivity index (χ1) is 12.7. The van der Waals surface area contributed by atoms with E-state index in [0.717, 1.165) is 44.6 Å². The van der Waals surface area contributed by atoms with Crippen LogP contribution in [-0.4, -0.2) is 21.5 Å². The minimum absolute atomic E-state index is 0.270. The van der Waals surface area contributed by atoms with Gasteiger partial charge in [-0.05, 0) is 48.4 Å². The predicted molar refractivity (Wildman–Crippen MR) is 102 cm³/mol. The minimum Gasteiger partial charge on any atom is -0.496 e. The molecule has 0 unspecified atom stereocenters. The van der Waals surface area contributed by atoms with Crippen LogP contribution in [0.25, 0.3) is 27.6 Å². The highest BCUT2D eigenvalue weighted by Crippen LogP contribution is 2.34. The highest BCUT2D eigenvalue weighted by atomic mass is 32.1. The van der Waals surface area contributed by atoms with Crippen molar-refractivity contribution in [3.8, 4) is 34.5 Å². The molecule has 3 aromatic heterocycles. The quantitative estimate of drug-likeness (QED) is 0.537. The number of thiazole rings is 1. The first-order valence-corrected chi connectivity index (χ1v) is 9.03. The summed E-state index contributed by atoms with van der Waals surface area (Å²) in [6, 6.07) is 14.1. The molecular weight excluding hydrogens is 344 g/mol. The lowest BCUT2D eigenvalue weighted by Crippen LogP contribution is -1.96. The highest BCUT2D eigenvalue weighted by Gasteiger charge is 2.19. The molecule has 1 aromatic carbocycles. The van der Waals surface area contributed by atoms with Gasteiger partial charge in [0.2, 0.25) is 0 Å². The fraction of sp³-hybridized carbons (Fsp3) is 0.150. The van der Waals surface area contributed by atoms with E-state index in [2.05, 4.69) is 26.9 Å². The van der Waals surface area contributed by atoms with Crippen LogP contribution in [0.4, 0.5) is 0 Å². The summed E-state index contributed by atoms with van der Waals surface area (Å²) in [7, 11) is 1.67. The van der Waals surface area contributed by atoms with Crippen molar-refractivity contribution < 1.29 is 4.74 Å². The van der Waals surface area contributed by atoms with Gasteiger partial charge in [0.05, 0.1) is 36.7 Å². The Labute approximate surface area is 155 Å². The molecule has 0 aliphatic carbocycles. The molecule has 128 valence electrons. The van der Waals surface area contributed by atoms with E-state index in [4.69, 9.17) is 9.72 Å². The Morgan fingerprint density at radius 1 is 1.27 bits per heavy atom. The van der Waals surface area contributed by atoms with Crippen LogP contribution in [0.15, 0.2) is 48.0 Å². The van der Waals surface area contributed by atoms with Gasteiger partial charge in [-0.1, -0.05) is 6.07 Å². The van der Waals surface area contributed by atoms with Crippen LogP contribution in [0.3, 0.4) is 0 Å². The second-order valence-electron chi connectivity index (χ2n) is 5.88. The maximum Gasteiger partial charge on any atom is 0.195 e. The fourth-order valence-electron chi connectivity index (χ4n) is 3.10. The van der Waals surface area contributed by atoms with Gasteiger partial charge in [0, 0.05) is 11.6 Å². The van der Waals surface area contributed by atoms with Crippen LogP contribution in [0.2, 0.25) is 0 Å². The van der Waals surface area contributed by atoms with E-state index in [1.165, 1.54) is 0 Å². The van der Waals surface area contributed by atoms with Crippen molar-refractivity contribution in [3.63, 3.8) is 0 Å². The molecule has 0 N–H and O–H groups in total. The predicted octanol–water partition coefficient (Wildman–Crippen LogP) is 4.51. The zero-order chi connectivity index (χ0) is 18.1. The number of methoxy groups -OCH3 is 1. The Hall–Kier alpha value is -3.17. The lowest BCUT2D eigenvalue weighted by atomic mass is 10.1. The number of ether oxygens (including phenoxy) is 1. The van der Waals surface area contributed by atoms with Gasteiger partial charge in [0.15, 0.2) is 4.96 Å². The van der Waals surface area contributed by atoms with Gasteiger partial charge in [0.25, 0.3) is 0 Å². The molecule has 26 heavy (non-hydrogen) atoms. The molecule has 6 heteroatoms. The number of aromatic nitrogens is 3. The van der Waals surface area contributed by atoms with Gasteiger partial charge >= 0.3 is 0 Å². The molecule has 4 aromatic rings. The third-order valence-corrected chi connectivity index (χ3v) is 5.13. The van der Waals surface area contributed by atoms with Crippen molar-refractivity contribution in [3.05, 3.63) is 59.2 Å². The summed E-state index contributed by atoms with van der Waals surface area (Å²) in [4.78, 5) is 10.0. The third kappa shape index (κ3) is 2.63. The Morgan fingerprint density at radius 3 is 2.85 bits per heavy atom. The van der Waals surface area contributed by atoms with Crippen LogP contribution in [-0.2, 0) is 6.42 Å². The molecule has 0 atom stereocenters. The van der Waals surface area contributed by atoms with Crippen LogP contribution >= 0.6 is 11.3 Å². The fourth-order valence-corrected chi connectivity index (χ4v) is 4.02. The summed E-state index contributed by atoms with van der Waals surface area (Å²) < 4.78 is 7.43. The van der Waals surface area contributed by atoms with E-state index in [-0.39, 0.29) is 6.42 Å². The second kappa shape index (κ2) is 6.62. The summed E-state index contributed by atoms with van der Waals surface area (Å²) in [5, 5.41) is 11.4. The number of benzene rings is 1. The molecule has 0 aliphatic heterocycles. The number of fused-ring (bicyclic) bond motifs is 1. The van der Waals surface area contributed by atoms with Gasteiger partial charge in [-0.25, -0.2) is 4.98 Å². The molecule has 0 radical (unpaired) electrons. The summed E-state index contributed by atoms with van der Waals surface area (Å²) in [6.07, 6.45) is 2.01. The van der Waals surface area contributed by atoms with E-state index < -0.39 is 0 Å². The van der Waals surface area contributed by atoms with Crippen LogP contribution in [0.1, 0.15) is 11.3 Å². The highest BCUT2D eigenvalue weighted by molar-refractivity contribution is 7.15. The standard InChI is InChI=1S/C20H16N4OS/c1-13-11-14(6-7-18(13)25-2)17-12-26-20-23-19(15-5-3-4-10-22-15)16(8-9-21)24(17)20/h3-7,10-12H,8H2,1-2H3. The number of pyridine rings is 1. The molecule has 3 heterocycles. The Morgan fingerprint density at radius 2 is 2.15 bits per heavy atom. The Kier molecular flexibility index (Phi) is 4.15. The van der Waals surface area contributed by atoms with E-state index in [1.807, 2.05) is 37.3 Å². The first-order valence-electron chi connectivity index (χ1n) is 8.15. The van der Waals surface area contributed by atoms with Crippen molar-refractivity contribution in [2.75, 3.05) is 7.11 Å². The van der Waals surface area contributed by atoms with Gasteiger partial charge in [-0.2, -0.15) is 5.26 Å². The van der Waals surface area contributed by atoms with Crippen LogP contribution in [0, 0.1) is 18.3 Å². The monoisotopic (exact) mass is 360 g/mol. The number of nitriles is 1. The molecule has 0 aliphatic rings. The average molecular weight is 360 g/mol. The minimum atomic E-state index is 0.270. The molecule has 0 spiro atoms. The first kappa shape index (κ1) is 16.3. The van der Waals surface area contributed by atoms with E-state index in [0.29, 0.717) is 0 Å². The van der Waals surface area contributed by atoms with E-state index in [9.17, 15) is 5.26 Å². The smallest absolute Gasteiger partial charge is 0.195 e. The third-order valence-electron chi connectivity index (χ3n) is 4.30.